The molecule has 122 valence electrons. The first kappa shape index (κ1) is 15.3. The van der Waals surface area contributed by atoms with Gasteiger partial charge in [-0.15, -0.1) is 5.10 Å². The van der Waals surface area contributed by atoms with Gasteiger partial charge in [0.25, 0.3) is 0 Å². The zero-order chi connectivity index (χ0) is 16.4. The van der Waals surface area contributed by atoms with Crippen LogP contribution in [0, 0.1) is 11.7 Å². The molecule has 0 radical (unpaired) electrons. The zero-order valence-electron chi connectivity index (χ0n) is 13.0. The number of anilines is 1. The van der Waals surface area contributed by atoms with Crippen molar-refractivity contribution in [2.24, 2.45) is 5.92 Å². The Morgan fingerprint density at radius 2 is 2.22 bits per heavy atom. The molecule has 1 aliphatic rings. The first-order valence-electron chi connectivity index (χ1n) is 7.54. The molecule has 2 aromatic rings. The molecule has 0 bridgehead atoms. The topological polar surface area (TPSA) is 68.2 Å². The average Bonchev–Trinajstić information content (AvgIpc) is 3.28. The molecule has 1 atom stereocenters. The fraction of sp³-hybridized carbons (Fsp3) is 0.375. The van der Waals surface area contributed by atoms with Gasteiger partial charge in [0.05, 0.1) is 12.8 Å². The predicted molar refractivity (Wildman–Crippen MR) is 84.4 cm³/mol. The first-order valence-corrected chi connectivity index (χ1v) is 7.54. The highest BCUT2D eigenvalue weighted by Crippen LogP contribution is 2.32. The Kier molecular flexibility index (Phi) is 4.18. The molecular weight excluding hydrogens is 299 g/mol. The summed E-state index contributed by atoms with van der Waals surface area (Å²) in [6.45, 7) is 2.00. The van der Waals surface area contributed by atoms with Crippen molar-refractivity contribution in [3.8, 4) is 11.4 Å². The lowest BCUT2D eigenvalue weighted by molar-refractivity contribution is 0.248. The number of benzene rings is 1. The van der Waals surface area contributed by atoms with Gasteiger partial charge in [-0.05, 0) is 37.8 Å². The second-order valence-electron chi connectivity index (χ2n) is 5.69. The van der Waals surface area contributed by atoms with Crippen LogP contribution in [-0.4, -0.2) is 29.0 Å². The Morgan fingerprint density at radius 1 is 1.43 bits per heavy atom. The van der Waals surface area contributed by atoms with E-state index in [4.69, 9.17) is 4.74 Å². The number of urea groups is 1. The number of amides is 2. The van der Waals surface area contributed by atoms with E-state index in [1.165, 1.54) is 26.0 Å². The molecule has 0 unspecified atom stereocenters. The molecule has 7 heteroatoms. The van der Waals surface area contributed by atoms with E-state index in [1.54, 1.807) is 29.1 Å². The van der Waals surface area contributed by atoms with Crippen LogP contribution in [0.1, 0.15) is 19.8 Å². The summed E-state index contributed by atoms with van der Waals surface area (Å²) in [6, 6.07) is 6.01. The van der Waals surface area contributed by atoms with Gasteiger partial charge in [-0.3, -0.25) is 5.32 Å². The Hall–Kier alpha value is -2.57. The number of carbonyl (C=O) groups excluding carboxylic acids is 1. The highest BCUT2D eigenvalue weighted by molar-refractivity contribution is 5.88. The number of nitrogens with one attached hydrogen (secondary N) is 2. The molecule has 2 amide bonds. The van der Waals surface area contributed by atoms with Gasteiger partial charge in [-0.25, -0.2) is 13.9 Å². The molecule has 0 saturated heterocycles. The maximum atomic E-state index is 13.4. The number of nitrogens with zero attached hydrogens (tertiary/aromatic N) is 2. The van der Waals surface area contributed by atoms with Crippen molar-refractivity contribution in [3.63, 3.8) is 0 Å². The minimum atomic E-state index is -0.435. The largest absolute Gasteiger partial charge is 0.494 e. The SMILES string of the molecule is COc1cc(-n2ccc(NC(=O)N[C@@H](C)C3CC3)n2)ccc1F. The molecule has 23 heavy (non-hydrogen) atoms. The van der Waals surface area contributed by atoms with E-state index >= 15 is 0 Å². The van der Waals surface area contributed by atoms with Gasteiger partial charge >= 0.3 is 6.03 Å². The van der Waals surface area contributed by atoms with Crippen molar-refractivity contribution in [1.29, 1.82) is 0 Å². The number of hydrogen-bond acceptors (Lipinski definition) is 3. The number of rotatable bonds is 5. The fourth-order valence-corrected chi connectivity index (χ4v) is 2.40. The Balaban J connectivity index is 1.66. The highest BCUT2D eigenvalue weighted by atomic mass is 19.1. The smallest absolute Gasteiger partial charge is 0.320 e. The van der Waals surface area contributed by atoms with Gasteiger partial charge in [0.2, 0.25) is 0 Å². The molecule has 0 spiro atoms. The van der Waals surface area contributed by atoms with Crippen molar-refractivity contribution in [3.05, 3.63) is 36.3 Å². The van der Waals surface area contributed by atoms with Crippen molar-refractivity contribution >= 4 is 11.8 Å². The van der Waals surface area contributed by atoms with Crippen molar-refractivity contribution in [2.45, 2.75) is 25.8 Å². The maximum Gasteiger partial charge on any atom is 0.320 e. The summed E-state index contributed by atoms with van der Waals surface area (Å²) in [5.41, 5.74) is 0.642. The molecule has 1 heterocycles. The van der Waals surface area contributed by atoms with Gasteiger partial charge in [0, 0.05) is 24.4 Å². The third-order valence-corrected chi connectivity index (χ3v) is 3.92. The maximum absolute atomic E-state index is 13.4. The minimum Gasteiger partial charge on any atom is -0.494 e. The van der Waals surface area contributed by atoms with Crippen LogP contribution in [0.25, 0.3) is 5.69 Å². The molecule has 6 nitrogen and oxygen atoms in total. The minimum absolute atomic E-state index is 0.142. The van der Waals surface area contributed by atoms with Gasteiger partial charge in [-0.1, -0.05) is 0 Å². The molecule has 0 aliphatic heterocycles. The van der Waals surface area contributed by atoms with Crippen molar-refractivity contribution in [2.75, 3.05) is 12.4 Å². The number of methoxy groups -OCH3 is 1. The number of halogens is 1. The van der Waals surface area contributed by atoms with Gasteiger partial charge < -0.3 is 10.1 Å². The zero-order valence-corrected chi connectivity index (χ0v) is 13.0. The summed E-state index contributed by atoms with van der Waals surface area (Å²) in [5, 5.41) is 9.85. The van der Waals surface area contributed by atoms with Crippen LogP contribution in [0.4, 0.5) is 15.0 Å². The molecule has 1 aliphatic carbocycles. The van der Waals surface area contributed by atoms with E-state index in [1.807, 2.05) is 6.92 Å². The Morgan fingerprint density at radius 3 is 2.91 bits per heavy atom. The molecule has 1 saturated carbocycles. The molecule has 1 fully saturated rings. The van der Waals surface area contributed by atoms with E-state index < -0.39 is 5.82 Å². The normalized spacial score (nSPS) is 15.1. The Labute approximate surface area is 133 Å². The van der Waals surface area contributed by atoms with E-state index in [0.29, 0.717) is 17.4 Å². The van der Waals surface area contributed by atoms with Gasteiger partial charge in [0.1, 0.15) is 0 Å². The summed E-state index contributed by atoms with van der Waals surface area (Å²) in [5.74, 6) is 0.720. The molecular formula is C16H19FN4O2. The van der Waals surface area contributed by atoms with Crippen molar-refractivity contribution in [1.82, 2.24) is 15.1 Å². The lowest BCUT2D eigenvalue weighted by atomic mass is 10.2. The lowest BCUT2D eigenvalue weighted by Gasteiger charge is -2.12. The number of hydrogen-bond donors (Lipinski definition) is 2. The summed E-state index contributed by atoms with van der Waals surface area (Å²) >= 11 is 0. The van der Waals surface area contributed by atoms with E-state index in [9.17, 15) is 9.18 Å². The van der Waals surface area contributed by atoms with E-state index in [-0.39, 0.29) is 17.8 Å². The fourth-order valence-electron chi connectivity index (χ4n) is 2.40. The monoisotopic (exact) mass is 318 g/mol. The lowest BCUT2D eigenvalue weighted by Crippen LogP contribution is -2.37. The third-order valence-electron chi connectivity index (χ3n) is 3.92. The van der Waals surface area contributed by atoms with Crippen LogP contribution < -0.4 is 15.4 Å². The van der Waals surface area contributed by atoms with E-state index in [0.717, 1.165) is 0 Å². The number of aromatic nitrogens is 2. The summed E-state index contributed by atoms with van der Waals surface area (Å²) < 4.78 is 19.9. The average molecular weight is 318 g/mol. The Bertz CT molecular complexity index is 712. The van der Waals surface area contributed by atoms with Crippen LogP contribution in [0.15, 0.2) is 30.5 Å². The van der Waals surface area contributed by atoms with Crippen LogP contribution in [0.5, 0.6) is 5.75 Å². The molecule has 1 aromatic carbocycles. The van der Waals surface area contributed by atoms with Crippen LogP contribution in [-0.2, 0) is 0 Å². The van der Waals surface area contributed by atoms with Crippen LogP contribution >= 0.6 is 0 Å². The summed E-state index contributed by atoms with van der Waals surface area (Å²) in [4.78, 5) is 11.9. The summed E-state index contributed by atoms with van der Waals surface area (Å²) in [6.07, 6.45) is 4.03. The molecule has 3 rings (SSSR count). The van der Waals surface area contributed by atoms with Crippen molar-refractivity contribution < 1.29 is 13.9 Å². The van der Waals surface area contributed by atoms with Crippen LogP contribution in [0.2, 0.25) is 0 Å². The standard InChI is InChI=1S/C16H19FN4O2/c1-10(11-3-4-11)18-16(22)19-15-7-8-21(20-15)12-5-6-13(17)14(9-12)23-2/h5-11H,3-4H2,1-2H3,(H2,18,19,20,22)/t10-/m0/s1. The summed E-state index contributed by atoms with van der Waals surface area (Å²) in [7, 11) is 1.41. The first-order chi connectivity index (χ1) is 11.1. The second kappa shape index (κ2) is 6.28. The second-order valence-corrected chi connectivity index (χ2v) is 5.69. The highest BCUT2D eigenvalue weighted by Gasteiger charge is 2.28. The molecule has 1 aromatic heterocycles. The quantitative estimate of drug-likeness (QED) is 0.890. The molecule has 2 N–H and O–H groups in total. The van der Waals surface area contributed by atoms with Crippen LogP contribution in [0.3, 0.4) is 0 Å². The predicted octanol–water partition coefficient (Wildman–Crippen LogP) is 2.94. The third kappa shape index (κ3) is 3.61. The van der Waals surface area contributed by atoms with E-state index in [2.05, 4.69) is 15.7 Å². The van der Waals surface area contributed by atoms with Gasteiger partial charge in [0.15, 0.2) is 17.4 Å². The number of ether oxygens (including phenoxy) is 1. The van der Waals surface area contributed by atoms with Gasteiger partial charge in [-0.2, -0.15) is 0 Å². The number of carbonyl (C=O) groups is 1.